The summed E-state index contributed by atoms with van der Waals surface area (Å²) in [6.07, 6.45) is 1.24. The summed E-state index contributed by atoms with van der Waals surface area (Å²) in [5.41, 5.74) is 4.16. The summed E-state index contributed by atoms with van der Waals surface area (Å²) in [5.74, 6) is 0. The summed E-state index contributed by atoms with van der Waals surface area (Å²) in [4.78, 5) is 5.00. The van der Waals surface area contributed by atoms with Gasteiger partial charge in [0.2, 0.25) is 0 Å². The predicted octanol–water partition coefficient (Wildman–Crippen LogP) is 2.59. The Balaban J connectivity index is 1.67. The lowest BCUT2D eigenvalue weighted by Crippen LogP contribution is -2.45. The molecule has 118 valence electrons. The van der Waals surface area contributed by atoms with Crippen molar-refractivity contribution in [2.24, 2.45) is 0 Å². The zero-order chi connectivity index (χ0) is 15.2. The van der Waals surface area contributed by atoms with E-state index < -0.39 is 0 Å². The average Bonchev–Trinajstić information content (AvgIpc) is 2.48. The zero-order valence-electron chi connectivity index (χ0n) is 14.2. The van der Waals surface area contributed by atoms with Crippen LogP contribution in [0.2, 0.25) is 0 Å². The number of aryl methyl sites for hydroxylation is 2. The summed E-state index contributed by atoms with van der Waals surface area (Å²) in [7, 11) is 2.21. The van der Waals surface area contributed by atoms with Crippen LogP contribution < -0.4 is 5.32 Å². The Labute approximate surface area is 130 Å². The van der Waals surface area contributed by atoms with Gasteiger partial charge in [-0.3, -0.25) is 0 Å². The standard InChI is InChI=1S/C18H31N3/c1-15-6-7-18(14-16(15)2)17(3)19-8-5-9-21-12-10-20(4)11-13-21/h6-7,14,17,19H,5,8-13H2,1-4H3. The Hall–Kier alpha value is -0.900. The van der Waals surface area contributed by atoms with E-state index in [4.69, 9.17) is 0 Å². The number of benzene rings is 1. The number of hydrogen-bond acceptors (Lipinski definition) is 3. The number of nitrogens with zero attached hydrogens (tertiary/aromatic N) is 2. The molecule has 1 heterocycles. The Morgan fingerprint density at radius 1 is 1.10 bits per heavy atom. The zero-order valence-corrected chi connectivity index (χ0v) is 14.2. The molecule has 0 aliphatic carbocycles. The Morgan fingerprint density at radius 2 is 1.81 bits per heavy atom. The van der Waals surface area contributed by atoms with E-state index in [-0.39, 0.29) is 0 Å². The lowest BCUT2D eigenvalue weighted by molar-refractivity contribution is 0.152. The first-order valence-electron chi connectivity index (χ1n) is 8.27. The molecule has 0 saturated carbocycles. The molecule has 1 unspecified atom stereocenters. The van der Waals surface area contributed by atoms with E-state index >= 15 is 0 Å². The molecule has 1 aromatic rings. The second kappa shape index (κ2) is 7.92. The van der Waals surface area contributed by atoms with Gasteiger partial charge >= 0.3 is 0 Å². The van der Waals surface area contributed by atoms with Crippen LogP contribution in [0.1, 0.15) is 36.1 Å². The maximum absolute atomic E-state index is 3.66. The molecule has 1 N–H and O–H groups in total. The molecule has 21 heavy (non-hydrogen) atoms. The van der Waals surface area contributed by atoms with Crippen LogP contribution in [-0.2, 0) is 0 Å². The van der Waals surface area contributed by atoms with Crippen molar-refractivity contribution in [2.75, 3.05) is 46.3 Å². The fourth-order valence-electron chi connectivity index (χ4n) is 2.84. The van der Waals surface area contributed by atoms with Gasteiger partial charge in [-0.25, -0.2) is 0 Å². The van der Waals surface area contributed by atoms with Crippen LogP contribution in [0.25, 0.3) is 0 Å². The average molecular weight is 289 g/mol. The van der Waals surface area contributed by atoms with Crippen LogP contribution in [0, 0.1) is 13.8 Å². The Bertz CT molecular complexity index is 436. The minimum atomic E-state index is 0.441. The van der Waals surface area contributed by atoms with Crippen LogP contribution >= 0.6 is 0 Å². The highest BCUT2D eigenvalue weighted by Gasteiger charge is 2.13. The smallest absolute Gasteiger partial charge is 0.0291 e. The van der Waals surface area contributed by atoms with Crippen molar-refractivity contribution in [2.45, 2.75) is 33.2 Å². The first kappa shape index (κ1) is 16.5. The molecule has 0 spiro atoms. The van der Waals surface area contributed by atoms with E-state index in [2.05, 4.69) is 61.1 Å². The fourth-order valence-corrected chi connectivity index (χ4v) is 2.84. The molecule has 1 aromatic carbocycles. The summed E-state index contributed by atoms with van der Waals surface area (Å²) in [5, 5.41) is 3.66. The van der Waals surface area contributed by atoms with E-state index in [0.717, 1.165) is 6.54 Å². The van der Waals surface area contributed by atoms with Crippen LogP contribution in [0.5, 0.6) is 0 Å². The molecule has 1 aliphatic heterocycles. The van der Waals surface area contributed by atoms with Gasteiger partial charge in [-0.2, -0.15) is 0 Å². The first-order chi connectivity index (χ1) is 10.1. The molecule has 0 radical (unpaired) electrons. The predicted molar refractivity (Wildman–Crippen MR) is 90.9 cm³/mol. The first-order valence-corrected chi connectivity index (χ1v) is 8.27. The third-order valence-electron chi connectivity index (χ3n) is 4.73. The highest BCUT2D eigenvalue weighted by molar-refractivity contribution is 5.31. The maximum Gasteiger partial charge on any atom is 0.0291 e. The third kappa shape index (κ3) is 5.10. The highest BCUT2D eigenvalue weighted by Crippen LogP contribution is 2.16. The second-order valence-electron chi connectivity index (χ2n) is 6.52. The van der Waals surface area contributed by atoms with Gasteiger partial charge in [-0.15, -0.1) is 0 Å². The van der Waals surface area contributed by atoms with E-state index in [1.54, 1.807) is 0 Å². The van der Waals surface area contributed by atoms with Gasteiger partial charge in [0.15, 0.2) is 0 Å². The number of likely N-dealkylation sites (N-methyl/N-ethyl adjacent to an activating group) is 1. The number of rotatable bonds is 6. The van der Waals surface area contributed by atoms with Crippen molar-refractivity contribution in [1.29, 1.82) is 0 Å². The van der Waals surface area contributed by atoms with E-state index in [1.807, 2.05) is 0 Å². The van der Waals surface area contributed by atoms with Gasteiger partial charge in [-0.05, 0) is 64.0 Å². The molecule has 2 rings (SSSR count). The van der Waals surface area contributed by atoms with Crippen molar-refractivity contribution in [3.05, 3.63) is 34.9 Å². The number of piperazine rings is 1. The van der Waals surface area contributed by atoms with E-state index in [9.17, 15) is 0 Å². The minimum Gasteiger partial charge on any atom is -0.310 e. The van der Waals surface area contributed by atoms with Crippen molar-refractivity contribution < 1.29 is 0 Å². The molecule has 1 aliphatic rings. The van der Waals surface area contributed by atoms with Crippen LogP contribution in [0.15, 0.2) is 18.2 Å². The van der Waals surface area contributed by atoms with Crippen molar-refractivity contribution in [3.8, 4) is 0 Å². The third-order valence-corrected chi connectivity index (χ3v) is 4.73. The van der Waals surface area contributed by atoms with E-state index in [0.29, 0.717) is 6.04 Å². The number of nitrogens with one attached hydrogen (secondary N) is 1. The quantitative estimate of drug-likeness (QED) is 0.812. The normalized spacial score (nSPS) is 18.9. The lowest BCUT2D eigenvalue weighted by Gasteiger charge is -2.32. The Morgan fingerprint density at radius 3 is 2.48 bits per heavy atom. The number of hydrogen-bond donors (Lipinski definition) is 1. The van der Waals surface area contributed by atoms with Gasteiger partial charge < -0.3 is 15.1 Å². The van der Waals surface area contributed by atoms with Gasteiger partial charge in [0.1, 0.15) is 0 Å². The largest absolute Gasteiger partial charge is 0.310 e. The van der Waals surface area contributed by atoms with Gasteiger partial charge in [0.25, 0.3) is 0 Å². The van der Waals surface area contributed by atoms with Crippen LogP contribution in [0.4, 0.5) is 0 Å². The second-order valence-corrected chi connectivity index (χ2v) is 6.52. The van der Waals surface area contributed by atoms with Gasteiger partial charge in [0, 0.05) is 32.2 Å². The summed E-state index contributed by atoms with van der Waals surface area (Å²) in [6.45, 7) is 13.8. The fraction of sp³-hybridized carbons (Fsp3) is 0.667. The molecule has 0 amide bonds. The SMILES string of the molecule is Cc1ccc(C(C)NCCCN2CCN(C)CC2)cc1C. The molecule has 3 nitrogen and oxygen atoms in total. The molecule has 0 aromatic heterocycles. The van der Waals surface area contributed by atoms with Crippen molar-refractivity contribution in [3.63, 3.8) is 0 Å². The summed E-state index contributed by atoms with van der Waals surface area (Å²) in [6, 6.07) is 7.23. The maximum atomic E-state index is 3.66. The topological polar surface area (TPSA) is 18.5 Å². The molecular formula is C18H31N3. The lowest BCUT2D eigenvalue weighted by atomic mass is 10.0. The van der Waals surface area contributed by atoms with E-state index in [1.165, 1.54) is 55.8 Å². The summed E-state index contributed by atoms with van der Waals surface area (Å²) < 4.78 is 0. The van der Waals surface area contributed by atoms with Gasteiger partial charge in [-0.1, -0.05) is 18.2 Å². The van der Waals surface area contributed by atoms with Crippen LogP contribution in [0.3, 0.4) is 0 Å². The van der Waals surface area contributed by atoms with Gasteiger partial charge in [0.05, 0.1) is 0 Å². The molecule has 1 saturated heterocycles. The summed E-state index contributed by atoms with van der Waals surface area (Å²) >= 11 is 0. The molecule has 1 fully saturated rings. The molecule has 1 atom stereocenters. The molecule has 0 bridgehead atoms. The minimum absolute atomic E-state index is 0.441. The Kier molecular flexibility index (Phi) is 6.22. The molecular weight excluding hydrogens is 258 g/mol. The van der Waals surface area contributed by atoms with Crippen molar-refractivity contribution in [1.82, 2.24) is 15.1 Å². The monoisotopic (exact) mass is 289 g/mol. The molecule has 3 heteroatoms. The highest BCUT2D eigenvalue weighted by atomic mass is 15.2. The van der Waals surface area contributed by atoms with Crippen molar-refractivity contribution >= 4 is 0 Å². The van der Waals surface area contributed by atoms with Crippen LogP contribution in [-0.4, -0.2) is 56.1 Å².